The van der Waals surface area contributed by atoms with E-state index in [1.54, 1.807) is 0 Å². The van der Waals surface area contributed by atoms with Crippen LogP contribution in [-0.2, 0) is 14.3 Å². The molecule has 0 spiro atoms. The lowest BCUT2D eigenvalue weighted by atomic mass is 10.0. The van der Waals surface area contributed by atoms with E-state index in [9.17, 15) is 4.79 Å². The van der Waals surface area contributed by atoms with Gasteiger partial charge in [0, 0.05) is 5.56 Å². The Labute approximate surface area is 123 Å². The Morgan fingerprint density at radius 3 is 2.29 bits per heavy atom. The molecule has 0 amide bonds. The second kappa shape index (κ2) is 5.79. The van der Waals surface area contributed by atoms with E-state index in [1.807, 2.05) is 60.7 Å². The van der Waals surface area contributed by atoms with Crippen LogP contribution in [0.1, 0.15) is 17.2 Å². The zero-order valence-corrected chi connectivity index (χ0v) is 11.6. The topological polar surface area (TPSA) is 47.9 Å². The van der Waals surface area contributed by atoms with Crippen molar-refractivity contribution in [3.05, 3.63) is 71.8 Å². The first-order valence-corrected chi connectivity index (χ1v) is 6.72. The molecule has 3 rings (SSSR count). The van der Waals surface area contributed by atoms with E-state index >= 15 is 0 Å². The van der Waals surface area contributed by atoms with Gasteiger partial charge in [-0.15, -0.1) is 0 Å². The summed E-state index contributed by atoms with van der Waals surface area (Å²) in [5, 5.41) is 0. The van der Waals surface area contributed by atoms with Crippen LogP contribution in [0.15, 0.2) is 65.7 Å². The highest BCUT2D eigenvalue weighted by molar-refractivity contribution is 5.98. The molecule has 0 fully saturated rings. The zero-order valence-electron chi connectivity index (χ0n) is 11.6. The standard InChI is InChI=1S/C17H15NO3/c1-20-17(19)15-14(12-8-4-2-5-9-12)18-16(21-15)13-10-6-3-7-11-13/h2-11,14-15H,1H3/t14-,15-/m1/s1. The largest absolute Gasteiger partial charge is 0.466 e. The van der Waals surface area contributed by atoms with Gasteiger partial charge < -0.3 is 9.47 Å². The third kappa shape index (κ3) is 2.65. The molecule has 1 heterocycles. The number of aliphatic imine (C=N–C) groups is 1. The highest BCUT2D eigenvalue weighted by atomic mass is 16.6. The van der Waals surface area contributed by atoms with E-state index < -0.39 is 12.1 Å². The number of methoxy groups -OCH3 is 1. The van der Waals surface area contributed by atoms with Crippen molar-refractivity contribution in [2.24, 2.45) is 4.99 Å². The normalized spacial score (nSPS) is 20.5. The molecule has 2 atom stereocenters. The van der Waals surface area contributed by atoms with Crippen LogP contribution in [-0.4, -0.2) is 25.1 Å². The van der Waals surface area contributed by atoms with Crippen molar-refractivity contribution in [1.82, 2.24) is 0 Å². The van der Waals surface area contributed by atoms with Gasteiger partial charge in [-0.2, -0.15) is 0 Å². The Morgan fingerprint density at radius 1 is 1.05 bits per heavy atom. The first kappa shape index (κ1) is 13.4. The lowest BCUT2D eigenvalue weighted by Crippen LogP contribution is -2.28. The predicted molar refractivity (Wildman–Crippen MR) is 79.1 cm³/mol. The molecule has 0 aromatic heterocycles. The number of carbonyl (C=O) groups excluding carboxylic acids is 1. The van der Waals surface area contributed by atoms with Crippen molar-refractivity contribution in [1.29, 1.82) is 0 Å². The first-order valence-electron chi connectivity index (χ1n) is 6.72. The van der Waals surface area contributed by atoms with Gasteiger partial charge in [-0.25, -0.2) is 9.79 Å². The monoisotopic (exact) mass is 281 g/mol. The van der Waals surface area contributed by atoms with Crippen LogP contribution in [0.2, 0.25) is 0 Å². The van der Waals surface area contributed by atoms with Gasteiger partial charge in [0.2, 0.25) is 12.0 Å². The number of hydrogen-bond donors (Lipinski definition) is 0. The summed E-state index contributed by atoms with van der Waals surface area (Å²) in [6.45, 7) is 0. The first-order chi connectivity index (χ1) is 10.3. The molecule has 21 heavy (non-hydrogen) atoms. The zero-order chi connectivity index (χ0) is 14.7. The minimum absolute atomic E-state index is 0.381. The van der Waals surface area contributed by atoms with Gasteiger partial charge in [0.25, 0.3) is 0 Å². The van der Waals surface area contributed by atoms with Gasteiger partial charge in [-0.3, -0.25) is 0 Å². The van der Waals surface area contributed by atoms with E-state index in [-0.39, 0.29) is 6.04 Å². The number of rotatable bonds is 3. The number of hydrogen-bond acceptors (Lipinski definition) is 4. The number of carbonyl (C=O) groups is 1. The molecular formula is C17H15NO3. The summed E-state index contributed by atoms with van der Waals surface area (Å²) in [6.07, 6.45) is -0.743. The van der Waals surface area contributed by atoms with Crippen LogP contribution in [0, 0.1) is 0 Å². The minimum Gasteiger partial charge on any atom is -0.466 e. The average Bonchev–Trinajstić information content (AvgIpc) is 3.01. The molecule has 1 aliphatic heterocycles. The van der Waals surface area contributed by atoms with Crippen LogP contribution in [0.4, 0.5) is 0 Å². The maximum atomic E-state index is 12.0. The fourth-order valence-electron chi connectivity index (χ4n) is 2.33. The van der Waals surface area contributed by atoms with Gasteiger partial charge in [-0.05, 0) is 17.7 Å². The maximum Gasteiger partial charge on any atom is 0.349 e. The third-order valence-corrected chi connectivity index (χ3v) is 3.38. The van der Waals surface area contributed by atoms with E-state index in [0.29, 0.717) is 5.90 Å². The molecule has 2 aromatic carbocycles. The smallest absolute Gasteiger partial charge is 0.349 e. The van der Waals surface area contributed by atoms with Gasteiger partial charge >= 0.3 is 5.97 Å². The van der Waals surface area contributed by atoms with E-state index in [1.165, 1.54) is 7.11 Å². The Kier molecular flexibility index (Phi) is 3.69. The van der Waals surface area contributed by atoms with Crippen molar-refractivity contribution in [2.75, 3.05) is 7.11 Å². The van der Waals surface area contributed by atoms with Gasteiger partial charge in [0.1, 0.15) is 6.04 Å². The average molecular weight is 281 g/mol. The molecule has 4 heteroatoms. The van der Waals surface area contributed by atoms with Crippen molar-refractivity contribution in [2.45, 2.75) is 12.1 Å². The van der Waals surface area contributed by atoms with Crippen LogP contribution in [0.3, 0.4) is 0 Å². The summed E-state index contributed by atoms with van der Waals surface area (Å²) in [7, 11) is 1.36. The molecule has 0 radical (unpaired) electrons. The Bertz CT molecular complexity index is 652. The fraction of sp³-hybridized carbons (Fsp3) is 0.176. The van der Waals surface area contributed by atoms with Gasteiger partial charge in [0.05, 0.1) is 7.11 Å². The lowest BCUT2D eigenvalue weighted by molar-refractivity contribution is -0.149. The molecule has 2 aromatic rings. The van der Waals surface area contributed by atoms with Crippen LogP contribution >= 0.6 is 0 Å². The molecule has 0 N–H and O–H groups in total. The van der Waals surface area contributed by atoms with E-state index in [4.69, 9.17) is 9.47 Å². The third-order valence-electron chi connectivity index (χ3n) is 3.38. The summed E-state index contributed by atoms with van der Waals surface area (Å²) < 4.78 is 10.6. The second-order valence-corrected chi connectivity index (χ2v) is 4.72. The summed E-state index contributed by atoms with van der Waals surface area (Å²) >= 11 is 0. The number of esters is 1. The summed E-state index contributed by atoms with van der Waals surface area (Å²) in [5.74, 6) is 0.0541. The van der Waals surface area contributed by atoms with Crippen molar-refractivity contribution in [3.8, 4) is 0 Å². The Hall–Kier alpha value is -2.62. The second-order valence-electron chi connectivity index (χ2n) is 4.72. The molecule has 106 valence electrons. The Balaban J connectivity index is 1.97. The molecule has 0 saturated carbocycles. The lowest BCUT2D eigenvalue weighted by Gasteiger charge is -2.15. The predicted octanol–water partition coefficient (Wildman–Crippen LogP) is 2.75. The Morgan fingerprint density at radius 2 is 1.67 bits per heavy atom. The van der Waals surface area contributed by atoms with E-state index in [2.05, 4.69) is 4.99 Å². The van der Waals surface area contributed by atoms with E-state index in [0.717, 1.165) is 11.1 Å². The van der Waals surface area contributed by atoms with Crippen molar-refractivity contribution >= 4 is 11.9 Å². The molecule has 0 aliphatic carbocycles. The molecule has 0 bridgehead atoms. The highest BCUT2D eigenvalue weighted by Crippen LogP contribution is 2.31. The quantitative estimate of drug-likeness (QED) is 0.813. The SMILES string of the molecule is COC(=O)[C@@H]1OC(c2ccccc2)=N[C@@H]1c1ccccc1. The highest BCUT2D eigenvalue weighted by Gasteiger charge is 2.38. The molecule has 4 nitrogen and oxygen atoms in total. The summed E-state index contributed by atoms with van der Waals surface area (Å²) in [5.41, 5.74) is 1.78. The number of nitrogens with zero attached hydrogens (tertiary/aromatic N) is 1. The minimum atomic E-state index is -0.743. The van der Waals surface area contributed by atoms with Crippen LogP contribution in [0.25, 0.3) is 0 Å². The maximum absolute atomic E-state index is 12.0. The summed E-state index contributed by atoms with van der Waals surface area (Å²) in [4.78, 5) is 16.5. The fourth-order valence-corrected chi connectivity index (χ4v) is 2.33. The van der Waals surface area contributed by atoms with Crippen LogP contribution in [0.5, 0.6) is 0 Å². The number of benzene rings is 2. The molecule has 0 unspecified atom stereocenters. The van der Waals surface area contributed by atoms with Gasteiger partial charge in [0.15, 0.2) is 0 Å². The van der Waals surface area contributed by atoms with Crippen LogP contribution < -0.4 is 0 Å². The molecule has 0 saturated heterocycles. The van der Waals surface area contributed by atoms with Crippen molar-refractivity contribution in [3.63, 3.8) is 0 Å². The molecule has 1 aliphatic rings. The number of ether oxygens (including phenoxy) is 2. The molecular weight excluding hydrogens is 266 g/mol. The van der Waals surface area contributed by atoms with Gasteiger partial charge in [-0.1, -0.05) is 48.5 Å². The summed E-state index contributed by atoms with van der Waals surface area (Å²) in [6, 6.07) is 18.8. The van der Waals surface area contributed by atoms with Crippen molar-refractivity contribution < 1.29 is 14.3 Å².